The quantitative estimate of drug-likeness (QED) is 0.848. The minimum Gasteiger partial charge on any atom is -0.348 e. The zero-order chi connectivity index (χ0) is 18.7. The highest BCUT2D eigenvalue weighted by Crippen LogP contribution is 2.24. The molecule has 1 N–H and O–H groups in total. The predicted molar refractivity (Wildman–Crippen MR) is 102 cm³/mol. The molecular weight excluding hydrogens is 372 g/mol. The van der Waals surface area contributed by atoms with Crippen LogP contribution in [0.15, 0.2) is 47.4 Å². The van der Waals surface area contributed by atoms with Crippen molar-refractivity contribution in [2.45, 2.75) is 31.2 Å². The van der Waals surface area contributed by atoms with E-state index in [1.807, 2.05) is 12.1 Å². The maximum Gasteiger partial charge on any atom is 0.251 e. The molecule has 0 aromatic heterocycles. The van der Waals surface area contributed by atoms with Gasteiger partial charge in [0.2, 0.25) is 10.0 Å². The topological polar surface area (TPSA) is 66.5 Å². The van der Waals surface area contributed by atoms with Crippen LogP contribution in [0.25, 0.3) is 0 Å². The van der Waals surface area contributed by atoms with Crippen LogP contribution in [0.3, 0.4) is 0 Å². The Morgan fingerprint density at radius 3 is 2.42 bits per heavy atom. The Labute approximate surface area is 159 Å². The van der Waals surface area contributed by atoms with Crippen LogP contribution in [0.1, 0.15) is 34.3 Å². The third-order valence-electron chi connectivity index (χ3n) is 4.50. The van der Waals surface area contributed by atoms with Crippen LogP contribution in [0, 0.1) is 6.92 Å². The highest BCUT2D eigenvalue weighted by Gasteiger charge is 2.29. The first-order valence-electron chi connectivity index (χ1n) is 8.51. The van der Waals surface area contributed by atoms with E-state index in [1.165, 1.54) is 10.4 Å². The van der Waals surface area contributed by atoms with Gasteiger partial charge in [-0.3, -0.25) is 4.79 Å². The Morgan fingerprint density at radius 1 is 1.12 bits per heavy atom. The molecule has 1 aliphatic rings. The normalized spacial score (nSPS) is 15.2. The van der Waals surface area contributed by atoms with Crippen molar-refractivity contribution in [3.05, 3.63) is 64.2 Å². The molecule has 0 saturated carbocycles. The van der Waals surface area contributed by atoms with Crippen LogP contribution < -0.4 is 5.32 Å². The van der Waals surface area contributed by atoms with Crippen molar-refractivity contribution in [2.24, 2.45) is 0 Å². The van der Waals surface area contributed by atoms with E-state index < -0.39 is 10.0 Å². The fourth-order valence-corrected chi connectivity index (χ4v) is 4.87. The third-order valence-corrected chi connectivity index (χ3v) is 6.79. The van der Waals surface area contributed by atoms with Gasteiger partial charge in [0.1, 0.15) is 0 Å². The van der Waals surface area contributed by atoms with E-state index in [9.17, 15) is 13.2 Å². The van der Waals surface area contributed by atoms with Gasteiger partial charge in [-0.25, -0.2) is 8.42 Å². The van der Waals surface area contributed by atoms with E-state index in [4.69, 9.17) is 11.6 Å². The number of sulfonamides is 1. The first-order chi connectivity index (χ1) is 12.4. The molecule has 2 aromatic rings. The summed E-state index contributed by atoms with van der Waals surface area (Å²) in [6, 6.07) is 12.0. The second-order valence-electron chi connectivity index (χ2n) is 6.40. The summed E-state index contributed by atoms with van der Waals surface area (Å²) in [6.45, 7) is 3.17. The van der Waals surface area contributed by atoms with E-state index in [1.54, 1.807) is 31.2 Å². The minimum atomic E-state index is -3.56. The molecule has 138 valence electrons. The molecule has 2 aromatic carbocycles. The van der Waals surface area contributed by atoms with Crippen LogP contribution in [0.2, 0.25) is 5.02 Å². The van der Waals surface area contributed by atoms with Gasteiger partial charge in [0.05, 0.1) is 4.90 Å². The van der Waals surface area contributed by atoms with Gasteiger partial charge in [-0.05, 0) is 55.2 Å². The summed E-state index contributed by atoms with van der Waals surface area (Å²) < 4.78 is 27.1. The van der Waals surface area contributed by atoms with Gasteiger partial charge in [-0.15, -0.1) is 0 Å². The van der Waals surface area contributed by atoms with E-state index >= 15 is 0 Å². The summed E-state index contributed by atoms with van der Waals surface area (Å²) in [7, 11) is -3.56. The number of halogens is 1. The van der Waals surface area contributed by atoms with E-state index in [2.05, 4.69) is 5.32 Å². The summed E-state index contributed by atoms with van der Waals surface area (Å²) in [5.74, 6) is -0.308. The number of hydrogen-bond donors (Lipinski definition) is 1. The van der Waals surface area contributed by atoms with Gasteiger partial charge < -0.3 is 5.32 Å². The van der Waals surface area contributed by atoms with Crippen molar-refractivity contribution in [1.29, 1.82) is 0 Å². The van der Waals surface area contributed by atoms with Crippen molar-refractivity contribution in [3.63, 3.8) is 0 Å². The molecule has 1 saturated heterocycles. The van der Waals surface area contributed by atoms with E-state index in [0.717, 1.165) is 18.4 Å². The van der Waals surface area contributed by atoms with Gasteiger partial charge in [0.15, 0.2) is 0 Å². The molecule has 1 fully saturated rings. The van der Waals surface area contributed by atoms with Crippen molar-refractivity contribution in [3.8, 4) is 0 Å². The lowest BCUT2D eigenvalue weighted by atomic mass is 10.1. The number of hydrogen-bond acceptors (Lipinski definition) is 3. The van der Waals surface area contributed by atoms with Crippen molar-refractivity contribution < 1.29 is 13.2 Å². The fourth-order valence-electron chi connectivity index (χ4n) is 2.97. The molecule has 3 rings (SSSR count). The lowest BCUT2D eigenvalue weighted by molar-refractivity contribution is 0.0950. The summed E-state index contributed by atoms with van der Waals surface area (Å²) in [6.07, 6.45) is 1.75. The number of aryl methyl sites for hydroxylation is 1. The van der Waals surface area contributed by atoms with Crippen LogP contribution in [-0.2, 0) is 16.6 Å². The van der Waals surface area contributed by atoms with Crippen molar-refractivity contribution in [2.75, 3.05) is 13.1 Å². The first-order valence-corrected chi connectivity index (χ1v) is 10.3. The molecule has 26 heavy (non-hydrogen) atoms. The Hall–Kier alpha value is -1.89. The minimum absolute atomic E-state index is 0.207. The molecular formula is C19H21ClN2O3S. The number of carbonyl (C=O) groups is 1. The standard InChI is InChI=1S/C19H21ClN2O3S/c1-14-4-7-16(12-18(14)26(24,25)22-10-2-3-11-22)19(23)21-13-15-5-8-17(20)9-6-15/h4-9,12H,2-3,10-11,13H2,1H3,(H,21,23). The Kier molecular flexibility index (Phi) is 5.65. The van der Waals surface area contributed by atoms with Gasteiger partial charge in [-0.2, -0.15) is 4.31 Å². The van der Waals surface area contributed by atoms with Crippen molar-refractivity contribution >= 4 is 27.5 Å². The fraction of sp³-hybridized carbons (Fsp3) is 0.316. The third kappa shape index (κ3) is 4.09. The van der Waals surface area contributed by atoms with Crippen LogP contribution in [0.5, 0.6) is 0 Å². The Bertz CT molecular complexity index is 905. The van der Waals surface area contributed by atoms with Crippen LogP contribution in [0.4, 0.5) is 0 Å². The smallest absolute Gasteiger partial charge is 0.251 e. The molecule has 7 heteroatoms. The second-order valence-corrected chi connectivity index (χ2v) is 8.74. The molecule has 0 unspecified atom stereocenters. The molecule has 0 aliphatic carbocycles. The summed E-state index contributed by atoms with van der Waals surface area (Å²) in [4.78, 5) is 12.7. The van der Waals surface area contributed by atoms with E-state index in [-0.39, 0.29) is 10.8 Å². The SMILES string of the molecule is Cc1ccc(C(=O)NCc2ccc(Cl)cc2)cc1S(=O)(=O)N1CCCC1. The number of carbonyl (C=O) groups excluding carboxylic acids is 1. The zero-order valence-electron chi connectivity index (χ0n) is 14.5. The van der Waals surface area contributed by atoms with Gasteiger partial charge in [0, 0.05) is 30.2 Å². The van der Waals surface area contributed by atoms with E-state index in [0.29, 0.717) is 35.8 Å². The lowest BCUT2D eigenvalue weighted by Gasteiger charge is -2.18. The van der Waals surface area contributed by atoms with Crippen LogP contribution in [-0.4, -0.2) is 31.7 Å². The average Bonchev–Trinajstić information content (AvgIpc) is 3.17. The zero-order valence-corrected chi connectivity index (χ0v) is 16.1. The molecule has 0 atom stereocenters. The van der Waals surface area contributed by atoms with Crippen LogP contribution >= 0.6 is 11.6 Å². The number of nitrogens with zero attached hydrogens (tertiary/aromatic N) is 1. The lowest BCUT2D eigenvalue weighted by Crippen LogP contribution is -2.29. The molecule has 1 heterocycles. The largest absolute Gasteiger partial charge is 0.348 e. The van der Waals surface area contributed by atoms with Gasteiger partial charge >= 0.3 is 0 Å². The molecule has 1 aliphatic heterocycles. The summed E-state index contributed by atoms with van der Waals surface area (Å²) >= 11 is 5.85. The number of rotatable bonds is 5. The van der Waals surface area contributed by atoms with Crippen molar-refractivity contribution in [1.82, 2.24) is 9.62 Å². The first kappa shape index (κ1) is 18.9. The number of amides is 1. The summed E-state index contributed by atoms with van der Waals surface area (Å²) in [5.41, 5.74) is 1.90. The molecule has 5 nitrogen and oxygen atoms in total. The Balaban J connectivity index is 1.78. The second kappa shape index (κ2) is 7.78. The Morgan fingerprint density at radius 2 is 1.77 bits per heavy atom. The molecule has 0 radical (unpaired) electrons. The van der Waals surface area contributed by atoms with Gasteiger partial charge in [-0.1, -0.05) is 29.8 Å². The highest BCUT2D eigenvalue weighted by molar-refractivity contribution is 7.89. The molecule has 0 spiro atoms. The molecule has 1 amide bonds. The number of benzene rings is 2. The van der Waals surface area contributed by atoms with Gasteiger partial charge in [0.25, 0.3) is 5.91 Å². The maximum atomic E-state index is 12.8. The number of nitrogens with one attached hydrogen (secondary N) is 1. The monoisotopic (exact) mass is 392 g/mol. The predicted octanol–water partition coefficient (Wildman–Crippen LogP) is 3.36. The highest BCUT2D eigenvalue weighted by atomic mass is 35.5. The molecule has 0 bridgehead atoms. The summed E-state index contributed by atoms with van der Waals surface area (Å²) in [5, 5.41) is 3.45. The average molecular weight is 393 g/mol. The maximum absolute atomic E-state index is 12.8.